The van der Waals surface area contributed by atoms with E-state index in [0.29, 0.717) is 6.54 Å². The first kappa shape index (κ1) is 21.2. The van der Waals surface area contributed by atoms with E-state index in [1.165, 1.54) is 77.0 Å². The number of imidazole rings is 1. The average molecular weight is 338 g/mol. The number of aliphatic hydroxyl groups excluding tert-OH is 1. The fourth-order valence-electron chi connectivity index (χ4n) is 3.11. The fourth-order valence-corrected chi connectivity index (χ4v) is 3.11. The Labute approximate surface area is 149 Å². The van der Waals surface area contributed by atoms with E-state index in [1.54, 1.807) is 0 Å². The third-order valence-electron chi connectivity index (χ3n) is 4.63. The Morgan fingerprint density at radius 3 is 2.08 bits per heavy atom. The Kier molecular flexibility index (Phi) is 13.8. The summed E-state index contributed by atoms with van der Waals surface area (Å²) in [5, 5.41) is 12.0. The van der Waals surface area contributed by atoms with Gasteiger partial charge >= 0.3 is 0 Å². The Balaban J connectivity index is 1.91. The zero-order chi connectivity index (χ0) is 17.3. The van der Waals surface area contributed by atoms with Crippen molar-refractivity contribution in [1.29, 1.82) is 0 Å². The summed E-state index contributed by atoms with van der Waals surface area (Å²) in [6.45, 7) is 4.89. The van der Waals surface area contributed by atoms with Gasteiger partial charge < -0.3 is 15.0 Å². The number of rotatable bonds is 17. The zero-order valence-electron chi connectivity index (χ0n) is 15.8. The van der Waals surface area contributed by atoms with Crippen LogP contribution in [0.25, 0.3) is 0 Å². The van der Waals surface area contributed by atoms with Gasteiger partial charge in [0.05, 0.1) is 13.2 Å². The van der Waals surface area contributed by atoms with Crippen molar-refractivity contribution in [3.05, 3.63) is 18.2 Å². The molecule has 140 valence electrons. The van der Waals surface area contributed by atoms with Crippen molar-refractivity contribution in [2.75, 3.05) is 13.2 Å². The number of unbranched alkanes of at least 4 members (excludes halogenated alkanes) is 11. The lowest BCUT2D eigenvalue weighted by Crippen LogP contribution is -2.20. The van der Waals surface area contributed by atoms with Gasteiger partial charge in [0.2, 0.25) is 0 Å². The highest BCUT2D eigenvalue weighted by molar-refractivity contribution is 4.91. The van der Waals surface area contributed by atoms with E-state index in [-0.39, 0.29) is 6.61 Å². The normalized spacial score (nSPS) is 11.2. The highest BCUT2D eigenvalue weighted by Crippen LogP contribution is 2.12. The number of aryl methyl sites for hydroxylation is 1. The number of nitrogens with zero attached hydrogens (tertiary/aromatic N) is 2. The summed E-state index contributed by atoms with van der Waals surface area (Å²) in [7, 11) is 0. The molecular weight excluding hydrogens is 298 g/mol. The van der Waals surface area contributed by atoms with Crippen molar-refractivity contribution in [2.24, 2.45) is 0 Å². The molecule has 2 N–H and O–H groups in total. The van der Waals surface area contributed by atoms with Gasteiger partial charge in [0.15, 0.2) is 0 Å². The van der Waals surface area contributed by atoms with Gasteiger partial charge in [-0.15, -0.1) is 0 Å². The third kappa shape index (κ3) is 10.8. The van der Waals surface area contributed by atoms with Crippen molar-refractivity contribution in [1.82, 2.24) is 14.9 Å². The second-order valence-electron chi connectivity index (χ2n) is 6.83. The topological polar surface area (TPSA) is 50.1 Å². The number of hydrogen-bond acceptors (Lipinski definition) is 3. The first-order valence-corrected chi connectivity index (χ1v) is 10.2. The monoisotopic (exact) mass is 337 g/mol. The van der Waals surface area contributed by atoms with Crippen LogP contribution in [-0.2, 0) is 13.1 Å². The molecule has 0 radical (unpaired) electrons. The smallest absolute Gasteiger partial charge is 0.122 e. The van der Waals surface area contributed by atoms with Crippen molar-refractivity contribution >= 4 is 0 Å². The van der Waals surface area contributed by atoms with Gasteiger partial charge in [0.1, 0.15) is 5.82 Å². The summed E-state index contributed by atoms with van der Waals surface area (Å²) in [6.07, 6.45) is 20.6. The van der Waals surface area contributed by atoms with Crippen LogP contribution in [0, 0.1) is 0 Å². The first-order valence-electron chi connectivity index (χ1n) is 10.2. The van der Waals surface area contributed by atoms with E-state index in [9.17, 15) is 0 Å². The van der Waals surface area contributed by atoms with Crippen molar-refractivity contribution in [3.63, 3.8) is 0 Å². The minimum atomic E-state index is 0.180. The molecule has 1 heterocycles. The SMILES string of the molecule is CCCCCCCCCCCCCCn1ccnc1CNCCO. The summed E-state index contributed by atoms with van der Waals surface area (Å²) in [6, 6.07) is 0. The molecule has 0 spiro atoms. The number of aliphatic hydroxyl groups is 1. The molecule has 0 fully saturated rings. The quantitative estimate of drug-likeness (QED) is 0.406. The molecule has 0 amide bonds. The van der Waals surface area contributed by atoms with Gasteiger partial charge in [-0.05, 0) is 6.42 Å². The fraction of sp³-hybridized carbons (Fsp3) is 0.850. The van der Waals surface area contributed by atoms with Crippen LogP contribution in [0.15, 0.2) is 12.4 Å². The minimum Gasteiger partial charge on any atom is -0.395 e. The lowest BCUT2D eigenvalue weighted by molar-refractivity contribution is 0.291. The summed E-state index contributed by atoms with van der Waals surface area (Å²) in [5.74, 6) is 1.08. The molecule has 1 aromatic rings. The number of aromatic nitrogens is 2. The molecule has 4 nitrogen and oxygen atoms in total. The maximum Gasteiger partial charge on any atom is 0.122 e. The van der Waals surface area contributed by atoms with E-state index in [1.807, 2.05) is 6.20 Å². The van der Waals surface area contributed by atoms with E-state index in [2.05, 4.69) is 28.0 Å². The Bertz CT molecular complexity index is 379. The molecule has 0 saturated carbocycles. The molecule has 0 aromatic carbocycles. The summed E-state index contributed by atoms with van der Waals surface area (Å²) < 4.78 is 2.24. The molecule has 4 heteroatoms. The van der Waals surface area contributed by atoms with E-state index in [4.69, 9.17) is 5.11 Å². The molecular formula is C20H39N3O. The van der Waals surface area contributed by atoms with Crippen LogP contribution in [0.5, 0.6) is 0 Å². The second kappa shape index (κ2) is 15.6. The van der Waals surface area contributed by atoms with Gasteiger partial charge in [-0.25, -0.2) is 4.98 Å². The van der Waals surface area contributed by atoms with Crippen LogP contribution in [0.1, 0.15) is 89.8 Å². The second-order valence-corrected chi connectivity index (χ2v) is 6.83. The van der Waals surface area contributed by atoms with E-state index in [0.717, 1.165) is 18.9 Å². The highest BCUT2D eigenvalue weighted by Gasteiger charge is 2.01. The third-order valence-corrected chi connectivity index (χ3v) is 4.63. The average Bonchev–Trinajstić information content (AvgIpc) is 3.03. The molecule has 0 aliphatic rings. The van der Waals surface area contributed by atoms with Crippen LogP contribution >= 0.6 is 0 Å². The van der Waals surface area contributed by atoms with Crippen LogP contribution in [0.4, 0.5) is 0 Å². The highest BCUT2D eigenvalue weighted by atomic mass is 16.3. The standard InChI is InChI=1S/C20H39N3O/c1-2-3-4-5-6-7-8-9-10-11-12-13-16-23-17-14-22-20(23)19-21-15-18-24/h14,17,21,24H,2-13,15-16,18-19H2,1H3. The molecule has 0 aliphatic carbocycles. The molecule has 24 heavy (non-hydrogen) atoms. The van der Waals surface area contributed by atoms with Gasteiger partial charge in [0.25, 0.3) is 0 Å². The molecule has 1 aromatic heterocycles. The minimum absolute atomic E-state index is 0.180. The van der Waals surface area contributed by atoms with Crippen molar-refractivity contribution < 1.29 is 5.11 Å². The summed E-state index contributed by atoms with van der Waals surface area (Å²) in [4.78, 5) is 4.38. The predicted octanol–water partition coefficient (Wildman–Crippen LogP) is 4.67. The Hall–Kier alpha value is -0.870. The number of hydrogen-bond donors (Lipinski definition) is 2. The maximum absolute atomic E-state index is 8.80. The number of nitrogens with one attached hydrogen (secondary N) is 1. The van der Waals surface area contributed by atoms with Gasteiger partial charge in [-0.1, -0.05) is 77.6 Å². The van der Waals surface area contributed by atoms with E-state index < -0.39 is 0 Å². The lowest BCUT2D eigenvalue weighted by Gasteiger charge is -2.08. The van der Waals surface area contributed by atoms with Crippen molar-refractivity contribution in [3.8, 4) is 0 Å². The van der Waals surface area contributed by atoms with Crippen LogP contribution in [-0.4, -0.2) is 27.8 Å². The van der Waals surface area contributed by atoms with Crippen LogP contribution < -0.4 is 5.32 Å². The van der Waals surface area contributed by atoms with Gasteiger partial charge in [-0.2, -0.15) is 0 Å². The Morgan fingerprint density at radius 2 is 1.50 bits per heavy atom. The lowest BCUT2D eigenvalue weighted by atomic mass is 10.1. The van der Waals surface area contributed by atoms with Crippen LogP contribution in [0.3, 0.4) is 0 Å². The zero-order valence-corrected chi connectivity index (χ0v) is 15.8. The summed E-state index contributed by atoms with van der Waals surface area (Å²) >= 11 is 0. The largest absolute Gasteiger partial charge is 0.395 e. The maximum atomic E-state index is 8.80. The first-order chi connectivity index (χ1) is 11.9. The molecule has 0 bridgehead atoms. The Morgan fingerprint density at radius 1 is 0.917 bits per heavy atom. The summed E-state index contributed by atoms with van der Waals surface area (Å²) in [5.41, 5.74) is 0. The van der Waals surface area contributed by atoms with E-state index >= 15 is 0 Å². The molecule has 0 saturated heterocycles. The van der Waals surface area contributed by atoms with Crippen LogP contribution in [0.2, 0.25) is 0 Å². The molecule has 0 aliphatic heterocycles. The molecule has 0 atom stereocenters. The molecule has 1 rings (SSSR count). The van der Waals surface area contributed by atoms with Gasteiger partial charge in [0, 0.05) is 25.5 Å². The van der Waals surface area contributed by atoms with Gasteiger partial charge in [-0.3, -0.25) is 0 Å². The molecule has 0 unspecified atom stereocenters. The predicted molar refractivity (Wildman–Crippen MR) is 102 cm³/mol. The van der Waals surface area contributed by atoms with Crippen molar-refractivity contribution in [2.45, 2.75) is 97.1 Å².